The van der Waals surface area contributed by atoms with Gasteiger partial charge >= 0.3 is 0 Å². The van der Waals surface area contributed by atoms with Gasteiger partial charge in [0, 0.05) is 17.5 Å². The highest BCUT2D eigenvalue weighted by Gasteiger charge is 2.63. The van der Waals surface area contributed by atoms with Crippen LogP contribution in [0.25, 0.3) is 0 Å². The van der Waals surface area contributed by atoms with Gasteiger partial charge in [-0.1, -0.05) is 6.92 Å². The number of carbonyl (C=O) groups is 3. The summed E-state index contributed by atoms with van der Waals surface area (Å²) < 4.78 is 0. The van der Waals surface area contributed by atoms with Crippen molar-refractivity contribution in [3.63, 3.8) is 0 Å². The van der Waals surface area contributed by atoms with Gasteiger partial charge in [-0.3, -0.25) is 19.3 Å². The zero-order valence-electron chi connectivity index (χ0n) is 21.2. The van der Waals surface area contributed by atoms with Crippen molar-refractivity contribution in [3.8, 4) is 5.75 Å². The zero-order chi connectivity index (χ0) is 27.0. The number of nitrogens with zero attached hydrogens (tertiary/aromatic N) is 1. The Labute approximate surface area is 214 Å². The smallest absolute Gasteiger partial charge is 0.255 e. The van der Waals surface area contributed by atoms with Crippen LogP contribution in [-0.4, -0.2) is 75.1 Å². The molecule has 1 fully saturated rings. The lowest BCUT2D eigenvalue weighted by Crippen LogP contribution is -2.63. The minimum absolute atomic E-state index is 0.0689. The van der Waals surface area contributed by atoms with Gasteiger partial charge in [-0.15, -0.1) is 0 Å². The van der Waals surface area contributed by atoms with Crippen LogP contribution in [0.4, 0.5) is 0 Å². The number of aliphatic hydroxyl groups is 3. The summed E-state index contributed by atoms with van der Waals surface area (Å²) in [5.41, 5.74) is 4.51. The quantitative estimate of drug-likeness (QED) is 0.324. The van der Waals surface area contributed by atoms with Crippen molar-refractivity contribution in [3.05, 3.63) is 51.0 Å². The largest absolute Gasteiger partial charge is 0.510 e. The van der Waals surface area contributed by atoms with Crippen LogP contribution in [0.2, 0.25) is 0 Å². The number of ketones is 2. The molecule has 1 amide bonds. The van der Waals surface area contributed by atoms with Gasteiger partial charge in [0.1, 0.15) is 22.8 Å². The molecule has 37 heavy (non-hydrogen) atoms. The van der Waals surface area contributed by atoms with Crippen molar-refractivity contribution in [2.24, 2.45) is 17.6 Å². The number of carbonyl (C=O) groups excluding carboxylic acids is 3. The molecule has 0 bridgehead atoms. The van der Waals surface area contributed by atoms with Crippen molar-refractivity contribution in [1.82, 2.24) is 10.2 Å². The standard InChI is InChI=1S/C27H33N3O7/c1-4-12-13(16-6-5-7-29-16)10-17(31)19-14(12)8-11-9-15-21(30(2)3)23(33)20(26(28)36)25(35)27(15,37)24(34)18(11)22(19)32/h10-11,15-16,21,29,31,33-34,37H,4-9H2,1-3H3,(H2,28,36)/t11-,15-,16?,21-,27-/m0/s1. The zero-order valence-corrected chi connectivity index (χ0v) is 21.2. The Hall–Kier alpha value is -3.21. The fraction of sp³-hybridized carbons (Fsp3) is 0.519. The lowest BCUT2D eigenvalue weighted by atomic mass is 9.58. The molecule has 4 aliphatic rings. The van der Waals surface area contributed by atoms with Gasteiger partial charge < -0.3 is 31.5 Å². The number of nitrogens with one attached hydrogen (secondary N) is 1. The van der Waals surface area contributed by atoms with Crippen molar-refractivity contribution < 1.29 is 34.8 Å². The van der Waals surface area contributed by atoms with Gasteiger partial charge in [0.25, 0.3) is 5.91 Å². The molecule has 0 radical (unpaired) electrons. The predicted molar refractivity (Wildman–Crippen MR) is 133 cm³/mol. The number of likely N-dealkylation sites (N-methyl/N-ethyl adjacent to an activating group) is 1. The molecule has 198 valence electrons. The number of phenols is 1. The second-order valence-electron chi connectivity index (χ2n) is 10.8. The van der Waals surface area contributed by atoms with E-state index in [1.54, 1.807) is 25.1 Å². The van der Waals surface area contributed by atoms with Gasteiger partial charge in [0.05, 0.1) is 11.6 Å². The molecule has 10 heteroatoms. The number of fused-ring (bicyclic) bond motifs is 3. The number of Topliss-reactive ketones (excluding diaryl/α,β-unsaturated/α-hetero) is 2. The predicted octanol–water partition coefficient (Wildman–Crippen LogP) is 1.11. The first kappa shape index (κ1) is 25.4. The van der Waals surface area contributed by atoms with Crippen LogP contribution in [0, 0.1) is 11.8 Å². The number of benzene rings is 1. The highest BCUT2D eigenvalue weighted by molar-refractivity contribution is 6.24. The summed E-state index contributed by atoms with van der Waals surface area (Å²) in [6.45, 7) is 2.87. The van der Waals surface area contributed by atoms with Crippen molar-refractivity contribution in [2.45, 2.75) is 56.7 Å². The molecular formula is C27H33N3O7. The van der Waals surface area contributed by atoms with Crippen LogP contribution >= 0.6 is 0 Å². The minimum Gasteiger partial charge on any atom is -0.510 e. The van der Waals surface area contributed by atoms with Crippen LogP contribution in [0.1, 0.15) is 59.3 Å². The highest BCUT2D eigenvalue weighted by Crippen LogP contribution is 2.53. The molecular weight excluding hydrogens is 478 g/mol. The number of hydrogen-bond acceptors (Lipinski definition) is 9. The van der Waals surface area contributed by atoms with Crippen molar-refractivity contribution >= 4 is 17.5 Å². The first-order valence-electron chi connectivity index (χ1n) is 12.7. The Kier molecular flexibility index (Phi) is 5.97. The molecule has 1 aliphatic heterocycles. The Morgan fingerprint density at radius 3 is 2.51 bits per heavy atom. The van der Waals surface area contributed by atoms with E-state index < -0.39 is 58.0 Å². The first-order valence-corrected chi connectivity index (χ1v) is 12.7. The van der Waals surface area contributed by atoms with Crippen molar-refractivity contribution in [1.29, 1.82) is 0 Å². The van der Waals surface area contributed by atoms with E-state index in [1.807, 2.05) is 6.92 Å². The lowest BCUT2D eigenvalue weighted by Gasteiger charge is -2.50. The van der Waals surface area contributed by atoms with E-state index >= 15 is 0 Å². The highest BCUT2D eigenvalue weighted by atomic mass is 16.3. The average Bonchev–Trinajstić information content (AvgIpc) is 3.35. The summed E-state index contributed by atoms with van der Waals surface area (Å²) in [4.78, 5) is 40.8. The summed E-state index contributed by atoms with van der Waals surface area (Å²) in [7, 11) is 3.23. The summed E-state index contributed by atoms with van der Waals surface area (Å²) >= 11 is 0. The van der Waals surface area contributed by atoms with E-state index in [0.29, 0.717) is 18.4 Å². The number of hydrogen-bond donors (Lipinski definition) is 6. The number of amides is 1. The Bertz CT molecular complexity index is 1290. The molecule has 5 atom stereocenters. The molecule has 7 N–H and O–H groups in total. The molecule has 1 heterocycles. The third-order valence-electron chi connectivity index (χ3n) is 8.67. The normalized spacial score (nSPS) is 31.5. The Balaban J connectivity index is 1.71. The fourth-order valence-corrected chi connectivity index (χ4v) is 7.09. The van der Waals surface area contributed by atoms with E-state index in [4.69, 9.17) is 5.73 Å². The van der Waals surface area contributed by atoms with Gasteiger partial charge in [0.2, 0.25) is 5.78 Å². The van der Waals surface area contributed by atoms with Gasteiger partial charge in [-0.25, -0.2) is 0 Å². The molecule has 3 aliphatic carbocycles. The third kappa shape index (κ3) is 3.39. The molecule has 0 spiro atoms. The van der Waals surface area contributed by atoms with Crippen LogP contribution < -0.4 is 11.1 Å². The molecule has 1 aromatic carbocycles. The Morgan fingerprint density at radius 1 is 1.24 bits per heavy atom. The number of allylic oxidation sites excluding steroid dienone is 1. The lowest BCUT2D eigenvalue weighted by molar-refractivity contribution is -0.148. The third-order valence-corrected chi connectivity index (χ3v) is 8.67. The maximum absolute atomic E-state index is 13.8. The summed E-state index contributed by atoms with van der Waals surface area (Å²) in [6, 6.07) is 0.682. The maximum Gasteiger partial charge on any atom is 0.255 e. The van der Waals surface area contributed by atoms with Crippen LogP contribution in [0.5, 0.6) is 5.75 Å². The summed E-state index contributed by atoms with van der Waals surface area (Å²) in [6.07, 6.45) is 2.97. The molecule has 0 aromatic heterocycles. The Morgan fingerprint density at radius 2 is 1.95 bits per heavy atom. The van der Waals surface area contributed by atoms with E-state index in [9.17, 15) is 34.8 Å². The van der Waals surface area contributed by atoms with E-state index in [0.717, 1.165) is 30.5 Å². The van der Waals surface area contributed by atoms with Crippen LogP contribution in [-0.2, 0) is 22.4 Å². The molecule has 5 rings (SSSR count). The molecule has 1 aromatic rings. The molecule has 1 unspecified atom stereocenters. The number of nitrogens with two attached hydrogens (primary N) is 1. The number of primary amides is 1. The van der Waals surface area contributed by atoms with Crippen molar-refractivity contribution in [2.75, 3.05) is 20.6 Å². The number of phenolic OH excluding ortho intramolecular Hbond substituents is 1. The number of aliphatic hydroxyl groups excluding tert-OH is 2. The van der Waals surface area contributed by atoms with E-state index in [-0.39, 0.29) is 29.3 Å². The average molecular weight is 512 g/mol. The number of aromatic hydroxyl groups is 1. The van der Waals surface area contributed by atoms with Gasteiger partial charge in [0.15, 0.2) is 11.4 Å². The SMILES string of the molecule is CCc1c(C2CCCN2)cc(O)c2c1C[C@H]1C[C@H]3[C@H](N(C)C)C(O)=C(C(N)=O)C(=O)[C@@]3(O)C(O)=C1C2=O. The maximum atomic E-state index is 13.8. The number of rotatable bonds is 4. The second-order valence-corrected chi connectivity index (χ2v) is 10.8. The van der Waals surface area contributed by atoms with Crippen LogP contribution in [0.3, 0.4) is 0 Å². The monoisotopic (exact) mass is 511 g/mol. The van der Waals surface area contributed by atoms with E-state index in [1.165, 1.54) is 0 Å². The van der Waals surface area contributed by atoms with Gasteiger partial charge in [-0.05, 0) is 81.4 Å². The van der Waals surface area contributed by atoms with Crippen LogP contribution in [0.15, 0.2) is 28.7 Å². The first-order chi connectivity index (χ1) is 17.4. The van der Waals surface area contributed by atoms with Gasteiger partial charge in [-0.2, -0.15) is 0 Å². The molecule has 10 nitrogen and oxygen atoms in total. The molecule has 1 saturated heterocycles. The summed E-state index contributed by atoms with van der Waals surface area (Å²) in [5.74, 6) is -6.33. The summed E-state index contributed by atoms with van der Waals surface area (Å²) in [5, 5.41) is 48.4. The minimum atomic E-state index is -2.62. The second kappa shape index (κ2) is 8.68. The van der Waals surface area contributed by atoms with E-state index in [2.05, 4.69) is 5.32 Å². The molecule has 0 saturated carbocycles. The topological polar surface area (TPSA) is 173 Å². The fourth-order valence-electron chi connectivity index (χ4n) is 7.09.